The van der Waals surface area contributed by atoms with Gasteiger partial charge in [0.15, 0.2) is 0 Å². The van der Waals surface area contributed by atoms with Crippen LogP contribution in [-0.2, 0) is 0 Å². The molecular weight excluding hydrogens is 234 g/mol. The Morgan fingerprint density at radius 3 is 2.71 bits per heavy atom. The Labute approximate surface area is 108 Å². The molecule has 2 aliphatic heterocycles. The van der Waals surface area contributed by atoms with Crippen LogP contribution in [0.1, 0.15) is 12.0 Å². The molecule has 2 heterocycles. The third-order valence-corrected chi connectivity index (χ3v) is 3.74. The first-order valence-electron chi connectivity index (χ1n) is 6.00. The molecule has 3 rings (SSSR count). The number of rotatable bonds is 1. The number of hydrogen-bond acceptors (Lipinski definition) is 2. The highest BCUT2D eigenvalue weighted by molar-refractivity contribution is 5.85. The Kier molecular flexibility index (Phi) is 3.87. The van der Waals surface area contributed by atoms with Gasteiger partial charge in [-0.1, -0.05) is 36.4 Å². The summed E-state index contributed by atoms with van der Waals surface area (Å²) in [6.07, 6.45) is 3.03. The average Bonchev–Trinajstić information content (AvgIpc) is 2.36. The van der Waals surface area contributed by atoms with Crippen LogP contribution in [0.2, 0.25) is 0 Å². The van der Waals surface area contributed by atoms with Crippen LogP contribution in [0, 0.1) is 5.92 Å². The van der Waals surface area contributed by atoms with Crippen LogP contribution >= 0.6 is 12.4 Å². The summed E-state index contributed by atoms with van der Waals surface area (Å²) in [7, 11) is 0. The molecule has 0 amide bonds. The molecule has 1 aromatic carbocycles. The number of aliphatic hydroxyl groups excluding tert-OH is 1. The summed E-state index contributed by atoms with van der Waals surface area (Å²) in [6.45, 7) is 3.09. The molecule has 1 aromatic rings. The fourth-order valence-electron chi connectivity index (χ4n) is 2.82. The van der Waals surface area contributed by atoms with E-state index >= 15 is 0 Å². The minimum absolute atomic E-state index is 0. The second-order valence-corrected chi connectivity index (χ2v) is 4.75. The number of piperidine rings is 1. The van der Waals surface area contributed by atoms with Crippen molar-refractivity contribution in [2.24, 2.45) is 5.92 Å². The average molecular weight is 252 g/mol. The fourth-order valence-corrected chi connectivity index (χ4v) is 2.82. The Hall–Kier alpha value is -0.830. The van der Waals surface area contributed by atoms with Crippen molar-refractivity contribution in [3.05, 3.63) is 42.0 Å². The highest BCUT2D eigenvalue weighted by atomic mass is 35.5. The molecule has 1 fully saturated rings. The number of fused-ring (bicyclic) bond motifs is 2. The molecule has 2 nitrogen and oxygen atoms in total. The molecule has 3 atom stereocenters. The zero-order valence-corrected chi connectivity index (χ0v) is 10.6. The van der Waals surface area contributed by atoms with E-state index in [2.05, 4.69) is 35.2 Å². The molecule has 1 N–H and O–H groups in total. The number of halogens is 1. The normalized spacial score (nSPS) is 31.4. The van der Waals surface area contributed by atoms with E-state index < -0.39 is 0 Å². The number of benzene rings is 1. The lowest BCUT2D eigenvalue weighted by atomic mass is 9.81. The van der Waals surface area contributed by atoms with E-state index in [1.165, 1.54) is 11.1 Å². The van der Waals surface area contributed by atoms with E-state index in [4.69, 9.17) is 0 Å². The predicted octanol–water partition coefficient (Wildman–Crippen LogP) is 2.19. The molecule has 92 valence electrons. The van der Waals surface area contributed by atoms with Crippen molar-refractivity contribution in [2.75, 3.05) is 19.6 Å². The van der Waals surface area contributed by atoms with Gasteiger partial charge in [-0.3, -0.25) is 4.90 Å². The monoisotopic (exact) mass is 251 g/mol. The van der Waals surface area contributed by atoms with Crippen LogP contribution in [0.5, 0.6) is 0 Å². The van der Waals surface area contributed by atoms with E-state index in [0.29, 0.717) is 5.92 Å². The molecule has 0 aliphatic carbocycles. The van der Waals surface area contributed by atoms with Gasteiger partial charge >= 0.3 is 0 Å². The first kappa shape index (κ1) is 12.6. The van der Waals surface area contributed by atoms with Gasteiger partial charge in [-0.05, 0) is 17.6 Å². The molecule has 0 radical (unpaired) electrons. The minimum Gasteiger partial charge on any atom is -0.392 e. The summed E-state index contributed by atoms with van der Waals surface area (Å²) in [4.78, 5) is 2.42. The largest absolute Gasteiger partial charge is 0.392 e. The van der Waals surface area contributed by atoms with Crippen molar-refractivity contribution in [2.45, 2.75) is 12.5 Å². The third-order valence-electron chi connectivity index (χ3n) is 3.74. The molecule has 0 spiro atoms. The van der Waals surface area contributed by atoms with Crippen LogP contribution in [0.15, 0.2) is 36.4 Å². The molecule has 0 saturated carbocycles. The fraction of sp³-hybridized carbons (Fsp3) is 0.429. The molecular formula is C14H18ClNO. The molecule has 17 heavy (non-hydrogen) atoms. The SMILES string of the molecule is Cl.OC1CCN2CC=C(c3ccccc3)C1C2. The van der Waals surface area contributed by atoms with Crippen molar-refractivity contribution >= 4 is 18.0 Å². The smallest absolute Gasteiger partial charge is 0.0633 e. The Morgan fingerprint density at radius 2 is 1.94 bits per heavy atom. The summed E-state index contributed by atoms with van der Waals surface area (Å²) in [5.74, 6) is 0.310. The van der Waals surface area contributed by atoms with E-state index in [-0.39, 0.29) is 18.5 Å². The van der Waals surface area contributed by atoms with Gasteiger partial charge < -0.3 is 5.11 Å². The number of nitrogens with zero attached hydrogens (tertiary/aromatic N) is 1. The second kappa shape index (κ2) is 5.21. The maximum atomic E-state index is 10.1. The zero-order valence-electron chi connectivity index (χ0n) is 9.75. The van der Waals surface area contributed by atoms with Crippen molar-refractivity contribution in [3.8, 4) is 0 Å². The topological polar surface area (TPSA) is 23.5 Å². The molecule has 3 heteroatoms. The molecule has 2 aliphatic rings. The van der Waals surface area contributed by atoms with Gasteiger partial charge in [0.25, 0.3) is 0 Å². The summed E-state index contributed by atoms with van der Waals surface area (Å²) in [5, 5.41) is 10.1. The summed E-state index contributed by atoms with van der Waals surface area (Å²) in [5.41, 5.74) is 2.61. The van der Waals surface area contributed by atoms with Crippen molar-refractivity contribution in [3.63, 3.8) is 0 Å². The van der Waals surface area contributed by atoms with Crippen LogP contribution in [0.25, 0.3) is 5.57 Å². The predicted molar refractivity (Wildman–Crippen MR) is 72.2 cm³/mol. The van der Waals surface area contributed by atoms with Gasteiger partial charge in [-0.25, -0.2) is 0 Å². The number of hydrogen-bond donors (Lipinski definition) is 1. The molecule has 3 unspecified atom stereocenters. The van der Waals surface area contributed by atoms with Gasteiger partial charge in [0.1, 0.15) is 0 Å². The Balaban J connectivity index is 0.00000108. The van der Waals surface area contributed by atoms with Crippen LogP contribution in [0.4, 0.5) is 0 Å². The van der Waals surface area contributed by atoms with Crippen molar-refractivity contribution < 1.29 is 5.11 Å². The van der Waals surface area contributed by atoms with Gasteiger partial charge in [-0.2, -0.15) is 0 Å². The van der Waals surface area contributed by atoms with Gasteiger partial charge in [0.05, 0.1) is 6.10 Å². The summed E-state index contributed by atoms with van der Waals surface area (Å²) < 4.78 is 0. The van der Waals surface area contributed by atoms with E-state index in [9.17, 15) is 5.11 Å². The summed E-state index contributed by atoms with van der Waals surface area (Å²) >= 11 is 0. The van der Waals surface area contributed by atoms with Crippen LogP contribution in [-0.4, -0.2) is 35.7 Å². The van der Waals surface area contributed by atoms with Crippen molar-refractivity contribution in [1.29, 1.82) is 0 Å². The van der Waals surface area contributed by atoms with E-state index in [1.807, 2.05) is 6.07 Å². The van der Waals surface area contributed by atoms with Crippen LogP contribution < -0.4 is 0 Å². The van der Waals surface area contributed by atoms with Crippen molar-refractivity contribution in [1.82, 2.24) is 4.90 Å². The Morgan fingerprint density at radius 1 is 1.18 bits per heavy atom. The van der Waals surface area contributed by atoms with E-state index in [0.717, 1.165) is 26.1 Å². The molecule has 1 saturated heterocycles. The van der Waals surface area contributed by atoms with Gasteiger partial charge in [0, 0.05) is 25.6 Å². The Bertz CT molecular complexity index is 404. The van der Waals surface area contributed by atoms with Gasteiger partial charge in [0.2, 0.25) is 0 Å². The quantitative estimate of drug-likeness (QED) is 0.827. The lowest BCUT2D eigenvalue weighted by Crippen LogP contribution is -2.46. The van der Waals surface area contributed by atoms with Gasteiger partial charge in [-0.15, -0.1) is 12.4 Å². The molecule has 0 aromatic heterocycles. The molecule has 2 bridgehead atoms. The number of aliphatic hydroxyl groups is 1. The maximum Gasteiger partial charge on any atom is 0.0633 e. The zero-order chi connectivity index (χ0) is 11.0. The maximum absolute atomic E-state index is 10.1. The minimum atomic E-state index is -0.164. The second-order valence-electron chi connectivity index (χ2n) is 4.75. The van der Waals surface area contributed by atoms with Crippen LogP contribution in [0.3, 0.4) is 0 Å². The highest BCUT2D eigenvalue weighted by Gasteiger charge is 2.33. The first-order chi connectivity index (χ1) is 7.84. The lowest BCUT2D eigenvalue weighted by molar-refractivity contribution is 0.0509. The summed E-state index contributed by atoms with van der Waals surface area (Å²) in [6, 6.07) is 10.5. The van der Waals surface area contributed by atoms with E-state index in [1.54, 1.807) is 0 Å². The lowest BCUT2D eigenvalue weighted by Gasteiger charge is -2.40. The highest BCUT2D eigenvalue weighted by Crippen LogP contribution is 2.34. The standard InChI is InChI=1S/C14H17NO.ClH/c16-14-7-9-15-8-6-12(13(14)10-15)11-4-2-1-3-5-11;/h1-6,13-14,16H,7-10H2;1H. The third kappa shape index (κ3) is 2.39. The first-order valence-corrected chi connectivity index (χ1v) is 6.00.